The number of hydrogen-bond acceptors (Lipinski definition) is 2. The molecule has 1 aliphatic rings. The fourth-order valence-electron chi connectivity index (χ4n) is 2.07. The summed E-state index contributed by atoms with van der Waals surface area (Å²) in [5.74, 6) is -0.600. The Morgan fingerprint density at radius 1 is 0.900 bits per heavy atom. The molecule has 0 aromatic heterocycles. The van der Waals surface area contributed by atoms with E-state index in [-0.39, 0.29) is 44.5 Å². The SMILES string of the molecule is O=C1C=C(c2ccccc2)C(=O)N1c1cc[c-]cc1.[Y+3]. The predicted molar refractivity (Wildman–Crippen MR) is 72.2 cm³/mol. The second kappa shape index (κ2) is 6.25. The molecule has 0 aliphatic carbocycles. The minimum atomic E-state index is -0.310. The molecule has 20 heavy (non-hydrogen) atoms. The molecular weight excluding hydrogens is 327 g/mol. The van der Waals surface area contributed by atoms with E-state index in [4.69, 9.17) is 0 Å². The molecule has 0 radical (unpaired) electrons. The van der Waals surface area contributed by atoms with Crippen LogP contribution in [0.25, 0.3) is 5.57 Å². The predicted octanol–water partition coefficient (Wildman–Crippen LogP) is 2.44. The first-order valence-electron chi connectivity index (χ1n) is 5.89. The molecule has 0 saturated heterocycles. The van der Waals surface area contributed by atoms with Gasteiger partial charge in [0.1, 0.15) is 0 Å². The fraction of sp³-hybridized carbons (Fsp3) is 0. The van der Waals surface area contributed by atoms with Gasteiger partial charge >= 0.3 is 32.7 Å². The van der Waals surface area contributed by atoms with Crippen molar-refractivity contribution < 1.29 is 42.3 Å². The maximum Gasteiger partial charge on any atom is 3.00 e. The van der Waals surface area contributed by atoms with E-state index in [0.717, 1.165) is 5.56 Å². The summed E-state index contributed by atoms with van der Waals surface area (Å²) in [5.41, 5.74) is 1.75. The van der Waals surface area contributed by atoms with Gasteiger partial charge in [0.25, 0.3) is 11.8 Å². The monoisotopic (exact) mass is 337 g/mol. The van der Waals surface area contributed by atoms with E-state index in [1.54, 1.807) is 24.3 Å². The second-order valence-corrected chi connectivity index (χ2v) is 4.16. The minimum Gasteiger partial charge on any atom is -0.269 e. The van der Waals surface area contributed by atoms with Crippen molar-refractivity contribution in [2.75, 3.05) is 4.90 Å². The molecule has 1 aliphatic heterocycles. The molecule has 0 N–H and O–H groups in total. The Balaban J connectivity index is 0.00000147. The summed E-state index contributed by atoms with van der Waals surface area (Å²) in [6.45, 7) is 0. The molecule has 0 fully saturated rings. The third-order valence-electron chi connectivity index (χ3n) is 2.97. The van der Waals surface area contributed by atoms with Gasteiger partial charge in [-0.3, -0.25) is 14.5 Å². The molecule has 0 saturated carbocycles. The van der Waals surface area contributed by atoms with Crippen LogP contribution >= 0.6 is 0 Å². The topological polar surface area (TPSA) is 37.4 Å². The van der Waals surface area contributed by atoms with Crippen LogP contribution in [-0.2, 0) is 42.3 Å². The average Bonchev–Trinajstić information content (AvgIpc) is 2.76. The summed E-state index contributed by atoms with van der Waals surface area (Å²) < 4.78 is 0. The number of carbonyl (C=O) groups excluding carboxylic acids is 2. The molecule has 0 spiro atoms. The number of benzene rings is 2. The Morgan fingerprint density at radius 2 is 1.55 bits per heavy atom. The molecule has 2 amide bonds. The first-order chi connectivity index (χ1) is 9.27. The minimum absolute atomic E-state index is 0. The summed E-state index contributed by atoms with van der Waals surface area (Å²) in [6, 6.07) is 18.8. The zero-order valence-corrected chi connectivity index (χ0v) is 13.5. The summed E-state index contributed by atoms with van der Waals surface area (Å²) in [6.07, 6.45) is 1.38. The van der Waals surface area contributed by atoms with Gasteiger partial charge < -0.3 is 0 Å². The second-order valence-electron chi connectivity index (χ2n) is 4.16. The number of nitrogens with zero attached hydrogens (tertiary/aromatic N) is 1. The molecule has 0 bridgehead atoms. The van der Waals surface area contributed by atoms with Crippen molar-refractivity contribution in [2.45, 2.75) is 0 Å². The number of carbonyl (C=O) groups is 2. The van der Waals surface area contributed by atoms with Gasteiger partial charge in [0.15, 0.2) is 0 Å². The zero-order chi connectivity index (χ0) is 13.2. The molecule has 3 rings (SSSR count). The van der Waals surface area contributed by atoms with Crippen molar-refractivity contribution in [3.05, 3.63) is 72.3 Å². The first-order valence-corrected chi connectivity index (χ1v) is 5.89. The van der Waals surface area contributed by atoms with Crippen molar-refractivity contribution in [3.63, 3.8) is 0 Å². The van der Waals surface area contributed by atoms with Crippen LogP contribution in [-0.4, -0.2) is 11.8 Å². The Labute approximate surface area is 142 Å². The van der Waals surface area contributed by atoms with Gasteiger partial charge in [-0.25, -0.2) is 0 Å². The van der Waals surface area contributed by atoms with Gasteiger partial charge in [-0.1, -0.05) is 36.0 Å². The van der Waals surface area contributed by atoms with E-state index < -0.39 is 0 Å². The Hall–Kier alpha value is -1.58. The number of imide groups is 1. The third kappa shape index (κ3) is 2.65. The average molecular weight is 337 g/mol. The summed E-state index contributed by atoms with van der Waals surface area (Å²) in [7, 11) is 0. The van der Waals surface area contributed by atoms with Crippen molar-refractivity contribution in [1.82, 2.24) is 0 Å². The van der Waals surface area contributed by atoms with E-state index in [2.05, 4.69) is 6.07 Å². The maximum absolute atomic E-state index is 12.3. The number of hydrogen-bond donors (Lipinski definition) is 0. The molecule has 1 heterocycles. The largest absolute Gasteiger partial charge is 3.00 e. The van der Waals surface area contributed by atoms with Crippen LogP contribution in [0.5, 0.6) is 0 Å². The molecular formula is C16H10NO2Y+2. The smallest absolute Gasteiger partial charge is 0.269 e. The Kier molecular flexibility index (Phi) is 4.63. The normalized spacial score (nSPS) is 14.0. The van der Waals surface area contributed by atoms with Gasteiger partial charge in [0.05, 0.1) is 5.57 Å². The number of rotatable bonds is 2. The maximum atomic E-state index is 12.3. The van der Waals surface area contributed by atoms with Crippen LogP contribution in [0, 0.1) is 6.07 Å². The van der Waals surface area contributed by atoms with Gasteiger partial charge in [-0.15, -0.1) is 12.1 Å². The van der Waals surface area contributed by atoms with Crippen LogP contribution in [0.2, 0.25) is 0 Å². The molecule has 3 nitrogen and oxygen atoms in total. The van der Waals surface area contributed by atoms with E-state index in [1.807, 2.05) is 30.3 Å². The van der Waals surface area contributed by atoms with Crippen molar-refractivity contribution in [3.8, 4) is 0 Å². The van der Waals surface area contributed by atoms with Crippen LogP contribution < -0.4 is 4.90 Å². The zero-order valence-electron chi connectivity index (χ0n) is 10.6. The van der Waals surface area contributed by atoms with Gasteiger partial charge in [-0.2, -0.15) is 18.2 Å². The molecule has 2 aromatic rings. The summed E-state index contributed by atoms with van der Waals surface area (Å²) in [4.78, 5) is 25.5. The van der Waals surface area contributed by atoms with Crippen molar-refractivity contribution in [1.29, 1.82) is 0 Å². The van der Waals surface area contributed by atoms with Gasteiger partial charge in [0.2, 0.25) is 0 Å². The van der Waals surface area contributed by atoms with Crippen LogP contribution in [0.3, 0.4) is 0 Å². The molecule has 4 heteroatoms. The number of amides is 2. The van der Waals surface area contributed by atoms with Crippen molar-refractivity contribution >= 4 is 23.1 Å². The van der Waals surface area contributed by atoms with Crippen LogP contribution in [0.4, 0.5) is 5.69 Å². The molecule has 2 aromatic carbocycles. The van der Waals surface area contributed by atoms with E-state index in [0.29, 0.717) is 11.3 Å². The summed E-state index contributed by atoms with van der Waals surface area (Å²) in [5, 5.41) is 0. The standard InChI is InChI=1S/C16H10NO2.Y/c18-15-11-14(12-7-3-1-4-8-12)16(19)17(15)13-9-5-2-6-10-13;/h1,3-11H;/q-1;+3. The Bertz CT molecular complexity index is 665. The summed E-state index contributed by atoms with van der Waals surface area (Å²) >= 11 is 0. The number of anilines is 1. The molecule has 92 valence electrons. The molecule has 0 atom stereocenters. The van der Waals surface area contributed by atoms with Gasteiger partial charge in [0, 0.05) is 6.08 Å². The van der Waals surface area contributed by atoms with Crippen molar-refractivity contribution in [2.24, 2.45) is 0 Å². The van der Waals surface area contributed by atoms with Gasteiger partial charge in [-0.05, 0) is 5.56 Å². The first kappa shape index (κ1) is 14.8. The third-order valence-corrected chi connectivity index (χ3v) is 2.97. The quantitative estimate of drug-likeness (QED) is 0.624. The van der Waals surface area contributed by atoms with Crippen LogP contribution in [0.1, 0.15) is 5.56 Å². The fourth-order valence-corrected chi connectivity index (χ4v) is 2.07. The van der Waals surface area contributed by atoms with Crippen LogP contribution in [0.15, 0.2) is 60.7 Å². The molecule has 0 unspecified atom stereocenters. The van der Waals surface area contributed by atoms with E-state index >= 15 is 0 Å². The van der Waals surface area contributed by atoms with E-state index in [9.17, 15) is 9.59 Å². The Morgan fingerprint density at radius 3 is 2.20 bits per heavy atom. The van der Waals surface area contributed by atoms with E-state index in [1.165, 1.54) is 11.0 Å².